The minimum atomic E-state index is -1.16. The van der Waals surface area contributed by atoms with Gasteiger partial charge in [-0.15, -0.1) is 0 Å². The molecule has 0 atom stereocenters. The first-order valence-electron chi connectivity index (χ1n) is 9.01. The maximum Gasteiger partial charge on any atom is 0.335 e. The van der Waals surface area contributed by atoms with Gasteiger partial charge in [-0.2, -0.15) is 0 Å². The topological polar surface area (TPSA) is 57.6 Å². The summed E-state index contributed by atoms with van der Waals surface area (Å²) in [5.74, 6) is -2.67. The van der Waals surface area contributed by atoms with E-state index in [1.807, 2.05) is 0 Å². The number of amides is 1. The highest BCUT2D eigenvalue weighted by Gasteiger charge is 2.51. The van der Waals surface area contributed by atoms with Crippen LogP contribution in [0.5, 0.6) is 0 Å². The third-order valence-electron chi connectivity index (χ3n) is 5.81. The SMILES string of the molecule is O=C(O)c1ccc2c(c1)CN(C(=O)C1(c3c(F)cccc3F)CCC1)CC2. The number of carbonyl (C=O) groups excluding carboxylic acids is 1. The third-order valence-corrected chi connectivity index (χ3v) is 5.81. The van der Waals surface area contributed by atoms with E-state index in [9.17, 15) is 23.5 Å². The van der Waals surface area contributed by atoms with Crippen LogP contribution in [-0.4, -0.2) is 28.4 Å². The highest BCUT2D eigenvalue weighted by Crippen LogP contribution is 2.47. The third kappa shape index (κ3) is 2.80. The molecule has 2 aliphatic rings. The standard InChI is InChI=1S/C21H19F2NO3/c22-16-3-1-4-17(23)18(16)21(8-2-9-21)20(27)24-10-7-13-5-6-14(19(25)26)11-15(13)12-24/h1,3-6,11H,2,7-10,12H2,(H,25,26). The lowest BCUT2D eigenvalue weighted by Gasteiger charge is -2.45. The van der Waals surface area contributed by atoms with Gasteiger partial charge in [0, 0.05) is 18.7 Å². The van der Waals surface area contributed by atoms with E-state index in [1.54, 1.807) is 23.1 Å². The normalized spacial score (nSPS) is 17.8. The second-order valence-corrected chi connectivity index (χ2v) is 7.30. The van der Waals surface area contributed by atoms with Gasteiger partial charge < -0.3 is 10.0 Å². The van der Waals surface area contributed by atoms with Crippen molar-refractivity contribution in [2.24, 2.45) is 0 Å². The van der Waals surface area contributed by atoms with Gasteiger partial charge in [0.25, 0.3) is 0 Å². The fraction of sp³-hybridized carbons (Fsp3) is 0.333. The van der Waals surface area contributed by atoms with E-state index in [4.69, 9.17) is 0 Å². The van der Waals surface area contributed by atoms with Crippen molar-refractivity contribution in [2.75, 3.05) is 6.54 Å². The summed E-state index contributed by atoms with van der Waals surface area (Å²) in [5, 5.41) is 9.18. The maximum absolute atomic E-state index is 14.4. The largest absolute Gasteiger partial charge is 0.478 e. The van der Waals surface area contributed by atoms with E-state index in [0.29, 0.717) is 25.8 Å². The summed E-state index contributed by atoms with van der Waals surface area (Å²) in [6.07, 6.45) is 2.17. The van der Waals surface area contributed by atoms with Gasteiger partial charge in [-0.1, -0.05) is 18.6 Å². The summed E-state index contributed by atoms with van der Waals surface area (Å²) in [7, 11) is 0. The molecule has 0 unspecified atom stereocenters. The van der Waals surface area contributed by atoms with Crippen LogP contribution < -0.4 is 0 Å². The Morgan fingerprint density at radius 2 is 1.74 bits per heavy atom. The van der Waals surface area contributed by atoms with Crippen LogP contribution >= 0.6 is 0 Å². The summed E-state index contributed by atoms with van der Waals surface area (Å²) < 4.78 is 28.8. The number of carbonyl (C=O) groups is 2. The minimum Gasteiger partial charge on any atom is -0.478 e. The number of rotatable bonds is 3. The van der Waals surface area contributed by atoms with Gasteiger partial charge in [0.1, 0.15) is 11.6 Å². The number of nitrogens with zero attached hydrogens (tertiary/aromatic N) is 1. The number of benzene rings is 2. The Balaban J connectivity index is 1.67. The number of hydrogen-bond donors (Lipinski definition) is 1. The number of carboxylic acid groups (broad SMARTS) is 1. The van der Waals surface area contributed by atoms with Crippen LogP contribution in [0.25, 0.3) is 0 Å². The van der Waals surface area contributed by atoms with E-state index < -0.39 is 23.0 Å². The molecule has 1 N–H and O–H groups in total. The van der Waals surface area contributed by atoms with Crippen LogP contribution in [0, 0.1) is 11.6 Å². The molecule has 0 bridgehead atoms. The predicted octanol–water partition coefficient (Wildman–Crippen LogP) is 3.67. The summed E-state index contributed by atoms with van der Waals surface area (Å²) >= 11 is 0. The first-order valence-corrected chi connectivity index (χ1v) is 9.01. The molecule has 2 aromatic rings. The van der Waals surface area contributed by atoms with E-state index in [2.05, 4.69) is 0 Å². The fourth-order valence-electron chi connectivity index (χ4n) is 4.22. The van der Waals surface area contributed by atoms with Gasteiger partial charge in [-0.3, -0.25) is 4.79 Å². The Hall–Kier alpha value is -2.76. The molecule has 1 aliphatic heterocycles. The first kappa shape index (κ1) is 17.6. The zero-order valence-corrected chi connectivity index (χ0v) is 14.7. The fourth-order valence-corrected chi connectivity index (χ4v) is 4.22. The number of halogens is 2. The van der Waals surface area contributed by atoms with Crippen molar-refractivity contribution in [1.29, 1.82) is 0 Å². The molecule has 6 heteroatoms. The summed E-state index contributed by atoms with van der Waals surface area (Å²) in [6.45, 7) is 0.711. The lowest BCUT2D eigenvalue weighted by molar-refractivity contribution is -0.142. The van der Waals surface area contributed by atoms with Gasteiger partial charge in [-0.25, -0.2) is 13.6 Å². The predicted molar refractivity (Wildman–Crippen MR) is 94.4 cm³/mol. The number of aromatic carboxylic acids is 1. The zero-order chi connectivity index (χ0) is 19.2. The molecular formula is C21H19F2NO3. The number of hydrogen-bond acceptors (Lipinski definition) is 2. The molecule has 1 fully saturated rings. The smallest absolute Gasteiger partial charge is 0.335 e. The molecule has 1 aliphatic carbocycles. The number of carboxylic acids is 1. The van der Waals surface area contributed by atoms with E-state index in [-0.39, 0.29) is 23.6 Å². The molecule has 4 nitrogen and oxygen atoms in total. The second kappa shape index (κ2) is 6.44. The summed E-state index contributed by atoms with van der Waals surface area (Å²) in [6, 6.07) is 8.59. The minimum absolute atomic E-state index is 0.133. The van der Waals surface area contributed by atoms with Crippen LogP contribution in [0.1, 0.15) is 46.3 Å². The Morgan fingerprint density at radius 3 is 2.33 bits per heavy atom. The molecule has 1 amide bonds. The van der Waals surface area contributed by atoms with E-state index >= 15 is 0 Å². The molecule has 140 valence electrons. The first-order chi connectivity index (χ1) is 12.9. The molecule has 1 saturated carbocycles. The molecular weight excluding hydrogens is 352 g/mol. The highest BCUT2D eigenvalue weighted by molar-refractivity contribution is 5.90. The van der Waals surface area contributed by atoms with Gasteiger partial charge in [0.15, 0.2) is 0 Å². The average Bonchev–Trinajstić information content (AvgIpc) is 2.62. The lowest BCUT2D eigenvalue weighted by atomic mass is 9.63. The van der Waals surface area contributed by atoms with Crippen molar-refractivity contribution < 1.29 is 23.5 Å². The average molecular weight is 371 g/mol. The Bertz CT molecular complexity index is 917. The Labute approximate surface area is 155 Å². The van der Waals surface area contributed by atoms with Crippen LogP contribution in [0.3, 0.4) is 0 Å². The van der Waals surface area contributed by atoms with Crippen molar-refractivity contribution in [3.63, 3.8) is 0 Å². The molecule has 0 saturated heterocycles. The van der Waals surface area contributed by atoms with Gasteiger partial charge in [0.05, 0.1) is 11.0 Å². The van der Waals surface area contributed by atoms with E-state index in [1.165, 1.54) is 18.2 Å². The van der Waals surface area contributed by atoms with Gasteiger partial charge in [0.2, 0.25) is 5.91 Å². The van der Waals surface area contributed by atoms with Crippen molar-refractivity contribution in [2.45, 2.75) is 37.6 Å². The monoisotopic (exact) mass is 371 g/mol. The van der Waals surface area contributed by atoms with Crippen LogP contribution in [0.15, 0.2) is 36.4 Å². The number of fused-ring (bicyclic) bond motifs is 1. The zero-order valence-electron chi connectivity index (χ0n) is 14.7. The summed E-state index contributed by atoms with van der Waals surface area (Å²) in [4.78, 5) is 26.1. The van der Waals surface area contributed by atoms with Gasteiger partial charge in [-0.05, 0) is 54.7 Å². The summed E-state index contributed by atoms with van der Waals surface area (Å²) in [5.41, 5.74) is 0.659. The lowest BCUT2D eigenvalue weighted by Crippen LogP contribution is -2.53. The maximum atomic E-state index is 14.4. The van der Waals surface area contributed by atoms with Crippen molar-refractivity contribution in [1.82, 2.24) is 4.90 Å². The van der Waals surface area contributed by atoms with Gasteiger partial charge >= 0.3 is 5.97 Å². The molecule has 4 rings (SSSR count). The quantitative estimate of drug-likeness (QED) is 0.896. The Morgan fingerprint density at radius 1 is 1.04 bits per heavy atom. The molecule has 0 aromatic heterocycles. The molecule has 2 aromatic carbocycles. The van der Waals surface area contributed by atoms with Crippen LogP contribution in [-0.2, 0) is 23.2 Å². The van der Waals surface area contributed by atoms with Crippen molar-refractivity contribution >= 4 is 11.9 Å². The Kier molecular flexibility index (Phi) is 4.21. The van der Waals surface area contributed by atoms with Crippen molar-refractivity contribution in [3.8, 4) is 0 Å². The molecule has 0 spiro atoms. The van der Waals surface area contributed by atoms with Crippen LogP contribution in [0.4, 0.5) is 8.78 Å². The second-order valence-electron chi connectivity index (χ2n) is 7.30. The molecule has 1 heterocycles. The van der Waals surface area contributed by atoms with Crippen LogP contribution in [0.2, 0.25) is 0 Å². The molecule has 27 heavy (non-hydrogen) atoms. The highest BCUT2D eigenvalue weighted by atomic mass is 19.1. The molecule has 0 radical (unpaired) electrons. The van der Waals surface area contributed by atoms with E-state index in [0.717, 1.165) is 17.5 Å². The van der Waals surface area contributed by atoms with Crippen molar-refractivity contribution in [3.05, 3.63) is 70.3 Å².